The van der Waals surface area contributed by atoms with E-state index in [0.717, 1.165) is 20.8 Å². The summed E-state index contributed by atoms with van der Waals surface area (Å²) in [5, 5.41) is 7.59. The molecule has 0 fully saturated rings. The Morgan fingerprint density at radius 3 is 2.81 bits per heavy atom. The van der Waals surface area contributed by atoms with Gasteiger partial charge in [0.05, 0.1) is 25.9 Å². The van der Waals surface area contributed by atoms with Crippen molar-refractivity contribution in [2.24, 2.45) is 0 Å². The van der Waals surface area contributed by atoms with Gasteiger partial charge in [-0.1, -0.05) is 40.2 Å². The first kappa shape index (κ1) is 22.1. The monoisotopic (exact) mass is 497 g/mol. The molecule has 0 spiro atoms. The second-order valence-electron chi connectivity index (χ2n) is 7.47. The van der Waals surface area contributed by atoms with Crippen LogP contribution in [0.5, 0.6) is 11.5 Å². The molecule has 0 aromatic heterocycles. The molecule has 7 nitrogen and oxygen atoms in total. The molecule has 1 aliphatic heterocycles. The molecule has 1 aliphatic rings. The van der Waals surface area contributed by atoms with E-state index in [1.807, 2.05) is 54.6 Å². The third-order valence-corrected chi connectivity index (χ3v) is 5.88. The molecular formula is C24H24BrN3O4. The van der Waals surface area contributed by atoms with Crippen molar-refractivity contribution in [1.29, 1.82) is 0 Å². The van der Waals surface area contributed by atoms with Gasteiger partial charge in [0.15, 0.2) is 0 Å². The summed E-state index contributed by atoms with van der Waals surface area (Å²) < 4.78 is 12.5. The molecule has 166 valence electrons. The summed E-state index contributed by atoms with van der Waals surface area (Å²) in [6.07, 6.45) is 0. The number of hydrogen-bond donors (Lipinski definition) is 2. The van der Waals surface area contributed by atoms with E-state index >= 15 is 0 Å². The number of nitrogens with one attached hydrogen (secondary N) is 2. The van der Waals surface area contributed by atoms with Crippen LogP contribution in [0.2, 0.25) is 0 Å². The van der Waals surface area contributed by atoms with Gasteiger partial charge in [-0.05, 0) is 48.2 Å². The van der Waals surface area contributed by atoms with Crippen molar-refractivity contribution in [1.82, 2.24) is 10.6 Å². The molecule has 0 aliphatic carbocycles. The second kappa shape index (κ2) is 9.58. The zero-order valence-corrected chi connectivity index (χ0v) is 19.4. The SMILES string of the molecule is CNCC(=O)NC1COc2ccccc2N(Cc2c(OC)ccc3cc(Br)ccc23)C1=O. The fraction of sp³-hybridized carbons (Fsp3) is 0.250. The van der Waals surface area contributed by atoms with E-state index < -0.39 is 6.04 Å². The summed E-state index contributed by atoms with van der Waals surface area (Å²) in [7, 11) is 3.30. The Bertz CT molecular complexity index is 1170. The van der Waals surface area contributed by atoms with Crippen LogP contribution in [0.1, 0.15) is 5.56 Å². The van der Waals surface area contributed by atoms with Gasteiger partial charge in [-0.2, -0.15) is 0 Å². The summed E-state index contributed by atoms with van der Waals surface area (Å²) in [6.45, 7) is 0.434. The Morgan fingerprint density at radius 2 is 2.03 bits per heavy atom. The number of halogens is 1. The minimum absolute atomic E-state index is 0.0570. The molecule has 1 heterocycles. The molecule has 0 saturated heterocycles. The lowest BCUT2D eigenvalue weighted by molar-refractivity contribution is -0.127. The molecule has 0 radical (unpaired) electrons. The van der Waals surface area contributed by atoms with Crippen molar-refractivity contribution in [3.05, 3.63) is 64.6 Å². The highest BCUT2D eigenvalue weighted by Gasteiger charge is 2.33. The molecule has 2 N–H and O–H groups in total. The lowest BCUT2D eigenvalue weighted by Gasteiger charge is -2.26. The van der Waals surface area contributed by atoms with Crippen LogP contribution in [-0.4, -0.2) is 45.2 Å². The number of hydrogen-bond acceptors (Lipinski definition) is 5. The van der Waals surface area contributed by atoms with E-state index in [-0.39, 0.29) is 31.5 Å². The highest BCUT2D eigenvalue weighted by Crippen LogP contribution is 2.36. The van der Waals surface area contributed by atoms with Crippen molar-refractivity contribution in [2.75, 3.05) is 32.2 Å². The highest BCUT2D eigenvalue weighted by atomic mass is 79.9. The summed E-state index contributed by atoms with van der Waals surface area (Å²) in [6, 6.07) is 16.5. The minimum atomic E-state index is -0.807. The van der Waals surface area contributed by atoms with Crippen LogP contribution in [0.25, 0.3) is 10.8 Å². The maximum atomic E-state index is 13.6. The number of para-hydroxylation sites is 2. The third kappa shape index (κ3) is 4.42. The number of fused-ring (bicyclic) bond motifs is 2. The van der Waals surface area contributed by atoms with Crippen LogP contribution in [-0.2, 0) is 16.1 Å². The Labute approximate surface area is 194 Å². The molecule has 2 amide bonds. The Balaban J connectivity index is 1.78. The largest absolute Gasteiger partial charge is 0.496 e. The number of carbonyl (C=O) groups is 2. The lowest BCUT2D eigenvalue weighted by atomic mass is 10.0. The van der Waals surface area contributed by atoms with Crippen molar-refractivity contribution >= 4 is 44.2 Å². The van der Waals surface area contributed by atoms with Gasteiger partial charge in [0.2, 0.25) is 5.91 Å². The fourth-order valence-electron chi connectivity index (χ4n) is 3.88. The molecule has 1 atom stereocenters. The van der Waals surface area contributed by atoms with E-state index in [0.29, 0.717) is 17.2 Å². The van der Waals surface area contributed by atoms with Crippen LogP contribution in [0.4, 0.5) is 5.69 Å². The minimum Gasteiger partial charge on any atom is -0.496 e. The third-order valence-electron chi connectivity index (χ3n) is 5.38. The van der Waals surface area contributed by atoms with Crippen LogP contribution >= 0.6 is 15.9 Å². The normalized spacial score (nSPS) is 15.7. The number of amides is 2. The number of ether oxygens (including phenoxy) is 2. The van der Waals surface area contributed by atoms with Gasteiger partial charge < -0.3 is 25.0 Å². The average molecular weight is 498 g/mol. The first-order valence-electron chi connectivity index (χ1n) is 10.2. The highest BCUT2D eigenvalue weighted by molar-refractivity contribution is 9.10. The quantitative estimate of drug-likeness (QED) is 0.546. The fourth-order valence-corrected chi connectivity index (χ4v) is 4.26. The van der Waals surface area contributed by atoms with Gasteiger partial charge in [-0.15, -0.1) is 0 Å². The van der Waals surface area contributed by atoms with Gasteiger partial charge >= 0.3 is 0 Å². The van der Waals surface area contributed by atoms with E-state index in [1.165, 1.54) is 0 Å². The average Bonchev–Trinajstić information content (AvgIpc) is 2.91. The molecule has 0 saturated carbocycles. The maximum absolute atomic E-state index is 13.6. The van der Waals surface area contributed by atoms with Crippen LogP contribution < -0.4 is 25.0 Å². The smallest absolute Gasteiger partial charge is 0.253 e. The number of carbonyl (C=O) groups excluding carboxylic acids is 2. The van der Waals surface area contributed by atoms with Crippen LogP contribution in [0.3, 0.4) is 0 Å². The molecule has 4 rings (SSSR count). The standard InChI is InChI=1S/C24H24BrN3O4/c1-26-12-23(29)27-19-14-32-22-6-4-3-5-20(22)28(24(19)30)13-18-17-9-8-16(25)11-15(17)7-10-21(18)31-2/h3-11,19,26H,12-14H2,1-2H3,(H,27,29). The van der Waals surface area contributed by atoms with Gasteiger partial charge in [0, 0.05) is 10.0 Å². The van der Waals surface area contributed by atoms with E-state index in [4.69, 9.17) is 9.47 Å². The molecular weight excluding hydrogens is 474 g/mol. The van der Waals surface area contributed by atoms with E-state index in [1.54, 1.807) is 19.1 Å². The maximum Gasteiger partial charge on any atom is 0.253 e. The van der Waals surface area contributed by atoms with Crippen LogP contribution in [0, 0.1) is 0 Å². The molecule has 8 heteroatoms. The first-order valence-corrected chi connectivity index (χ1v) is 11.0. The number of benzene rings is 3. The number of anilines is 1. The van der Waals surface area contributed by atoms with Gasteiger partial charge in [0.1, 0.15) is 24.1 Å². The first-order chi connectivity index (χ1) is 15.5. The van der Waals surface area contributed by atoms with Crippen LogP contribution in [0.15, 0.2) is 59.1 Å². The summed E-state index contributed by atoms with van der Waals surface area (Å²) >= 11 is 3.52. The van der Waals surface area contributed by atoms with Crippen molar-refractivity contribution in [3.63, 3.8) is 0 Å². The molecule has 3 aromatic rings. The zero-order chi connectivity index (χ0) is 22.7. The summed E-state index contributed by atoms with van der Waals surface area (Å²) in [5.41, 5.74) is 1.53. The zero-order valence-electron chi connectivity index (χ0n) is 17.9. The number of methoxy groups -OCH3 is 1. The van der Waals surface area contributed by atoms with Gasteiger partial charge in [0.25, 0.3) is 5.91 Å². The molecule has 32 heavy (non-hydrogen) atoms. The Kier molecular flexibility index (Phi) is 6.62. The summed E-state index contributed by atoms with van der Waals surface area (Å²) in [5.74, 6) is 0.766. The number of rotatable bonds is 6. The van der Waals surface area contributed by atoms with Crippen molar-refractivity contribution in [2.45, 2.75) is 12.6 Å². The Hall–Kier alpha value is -3.10. The van der Waals surface area contributed by atoms with Gasteiger partial charge in [-0.3, -0.25) is 9.59 Å². The topological polar surface area (TPSA) is 79.9 Å². The second-order valence-corrected chi connectivity index (χ2v) is 8.38. The number of nitrogens with zero attached hydrogens (tertiary/aromatic N) is 1. The number of likely N-dealkylation sites (N-methyl/N-ethyl adjacent to an activating group) is 1. The van der Waals surface area contributed by atoms with Gasteiger partial charge in [-0.25, -0.2) is 0 Å². The molecule has 0 bridgehead atoms. The predicted octanol–water partition coefficient (Wildman–Crippen LogP) is 3.24. The van der Waals surface area contributed by atoms with Crippen molar-refractivity contribution < 1.29 is 19.1 Å². The lowest BCUT2D eigenvalue weighted by Crippen LogP contribution is -2.51. The van der Waals surface area contributed by atoms with E-state index in [9.17, 15) is 9.59 Å². The summed E-state index contributed by atoms with van der Waals surface area (Å²) in [4.78, 5) is 27.5. The predicted molar refractivity (Wildman–Crippen MR) is 127 cm³/mol. The van der Waals surface area contributed by atoms with Crippen molar-refractivity contribution in [3.8, 4) is 11.5 Å². The molecule has 3 aromatic carbocycles. The van der Waals surface area contributed by atoms with E-state index in [2.05, 4.69) is 26.6 Å². The molecule has 1 unspecified atom stereocenters. The Morgan fingerprint density at radius 1 is 1.22 bits per heavy atom.